The smallest absolute Gasteiger partial charge is 0.250 e. The van der Waals surface area contributed by atoms with E-state index in [1.54, 1.807) is 16.7 Å². The van der Waals surface area contributed by atoms with Crippen LogP contribution in [0.15, 0.2) is 88.8 Å². The monoisotopic (exact) mass is 388 g/mol. The standard InChI is InChI=1S/C24H28N4O/c1-3-25-24(27(2)18-21-9-5-4-6-10-21)26-17-20-12-14-22(15-13-20)19-28-16-8-7-11-23(28)29/h4-16H,3,17-19H2,1-2H3,(H,25,26). The lowest BCUT2D eigenvalue weighted by Gasteiger charge is -2.22. The first-order valence-corrected chi connectivity index (χ1v) is 9.92. The molecule has 3 aromatic rings. The summed E-state index contributed by atoms with van der Waals surface area (Å²) in [5.41, 5.74) is 3.50. The number of nitrogens with zero attached hydrogens (tertiary/aromatic N) is 3. The number of aliphatic imine (C=N–C) groups is 1. The molecular weight excluding hydrogens is 360 g/mol. The van der Waals surface area contributed by atoms with Crippen molar-refractivity contribution >= 4 is 5.96 Å². The minimum Gasteiger partial charge on any atom is -0.357 e. The Labute approximate surface area is 172 Å². The van der Waals surface area contributed by atoms with Crippen molar-refractivity contribution in [1.82, 2.24) is 14.8 Å². The third-order valence-corrected chi connectivity index (χ3v) is 4.65. The van der Waals surface area contributed by atoms with Gasteiger partial charge in [0.15, 0.2) is 5.96 Å². The molecule has 0 saturated heterocycles. The van der Waals surface area contributed by atoms with Crippen LogP contribution in [0.5, 0.6) is 0 Å². The summed E-state index contributed by atoms with van der Waals surface area (Å²) in [6.45, 7) is 4.88. The molecule has 0 unspecified atom stereocenters. The molecule has 3 rings (SSSR count). The fourth-order valence-corrected chi connectivity index (χ4v) is 3.11. The molecule has 1 N–H and O–H groups in total. The zero-order chi connectivity index (χ0) is 20.5. The van der Waals surface area contributed by atoms with E-state index in [0.717, 1.165) is 30.2 Å². The number of nitrogens with one attached hydrogen (secondary N) is 1. The summed E-state index contributed by atoms with van der Waals surface area (Å²) in [5, 5.41) is 3.36. The summed E-state index contributed by atoms with van der Waals surface area (Å²) in [6, 6.07) is 23.9. The molecule has 0 saturated carbocycles. The molecule has 0 fully saturated rings. The van der Waals surface area contributed by atoms with Crippen molar-refractivity contribution in [2.45, 2.75) is 26.6 Å². The fraction of sp³-hybridized carbons (Fsp3) is 0.250. The minimum absolute atomic E-state index is 0.0120. The highest BCUT2D eigenvalue weighted by Crippen LogP contribution is 2.08. The lowest BCUT2D eigenvalue weighted by atomic mass is 10.1. The van der Waals surface area contributed by atoms with E-state index in [1.807, 2.05) is 18.3 Å². The number of rotatable bonds is 7. The second-order valence-electron chi connectivity index (χ2n) is 7.00. The summed E-state index contributed by atoms with van der Waals surface area (Å²) >= 11 is 0. The van der Waals surface area contributed by atoms with Crippen molar-refractivity contribution in [3.8, 4) is 0 Å². The van der Waals surface area contributed by atoms with Crippen LogP contribution in [0.25, 0.3) is 0 Å². The van der Waals surface area contributed by atoms with Crippen LogP contribution in [0.3, 0.4) is 0 Å². The fourth-order valence-electron chi connectivity index (χ4n) is 3.11. The molecule has 5 heteroatoms. The van der Waals surface area contributed by atoms with Crippen LogP contribution < -0.4 is 10.9 Å². The lowest BCUT2D eigenvalue weighted by Crippen LogP contribution is -2.38. The first-order chi connectivity index (χ1) is 14.2. The largest absolute Gasteiger partial charge is 0.357 e. The van der Waals surface area contributed by atoms with E-state index in [0.29, 0.717) is 13.1 Å². The van der Waals surface area contributed by atoms with E-state index in [1.165, 1.54) is 5.56 Å². The summed E-state index contributed by atoms with van der Waals surface area (Å²) in [7, 11) is 2.05. The van der Waals surface area contributed by atoms with Gasteiger partial charge >= 0.3 is 0 Å². The van der Waals surface area contributed by atoms with Gasteiger partial charge in [-0.3, -0.25) is 4.79 Å². The highest BCUT2D eigenvalue weighted by atomic mass is 16.1. The first-order valence-electron chi connectivity index (χ1n) is 9.92. The van der Waals surface area contributed by atoms with E-state index < -0.39 is 0 Å². The topological polar surface area (TPSA) is 49.6 Å². The summed E-state index contributed by atoms with van der Waals surface area (Å²) in [6.07, 6.45) is 1.81. The van der Waals surface area contributed by atoms with Crippen molar-refractivity contribution in [2.75, 3.05) is 13.6 Å². The summed E-state index contributed by atoms with van der Waals surface area (Å²) < 4.78 is 1.70. The van der Waals surface area contributed by atoms with Gasteiger partial charge in [0, 0.05) is 32.4 Å². The first kappa shape index (κ1) is 20.4. The Bertz CT molecular complexity index is 978. The number of benzene rings is 2. The molecule has 5 nitrogen and oxygen atoms in total. The third kappa shape index (κ3) is 6.07. The highest BCUT2D eigenvalue weighted by Gasteiger charge is 2.06. The average Bonchev–Trinajstić information content (AvgIpc) is 2.74. The molecule has 29 heavy (non-hydrogen) atoms. The number of aromatic nitrogens is 1. The van der Waals surface area contributed by atoms with E-state index in [2.05, 4.69) is 72.7 Å². The number of guanidine groups is 1. The average molecular weight is 389 g/mol. The van der Waals surface area contributed by atoms with Gasteiger partial charge in [-0.05, 0) is 29.7 Å². The van der Waals surface area contributed by atoms with Gasteiger partial charge in [-0.2, -0.15) is 0 Å². The molecule has 0 aliphatic rings. The van der Waals surface area contributed by atoms with Crippen molar-refractivity contribution in [1.29, 1.82) is 0 Å². The molecule has 0 aliphatic heterocycles. The minimum atomic E-state index is 0.0120. The van der Waals surface area contributed by atoms with Crippen molar-refractivity contribution in [2.24, 2.45) is 4.99 Å². The molecule has 0 aliphatic carbocycles. The van der Waals surface area contributed by atoms with Crippen LogP contribution in [0.4, 0.5) is 0 Å². The van der Waals surface area contributed by atoms with E-state index >= 15 is 0 Å². The molecule has 1 heterocycles. The van der Waals surface area contributed by atoms with Crippen LogP contribution in [0.2, 0.25) is 0 Å². The number of hydrogen-bond donors (Lipinski definition) is 1. The quantitative estimate of drug-likeness (QED) is 0.498. The van der Waals surface area contributed by atoms with Crippen LogP contribution in [0.1, 0.15) is 23.6 Å². The van der Waals surface area contributed by atoms with Gasteiger partial charge in [-0.25, -0.2) is 4.99 Å². The number of pyridine rings is 1. The predicted molar refractivity (Wildman–Crippen MR) is 119 cm³/mol. The van der Waals surface area contributed by atoms with Crippen molar-refractivity contribution in [3.63, 3.8) is 0 Å². The van der Waals surface area contributed by atoms with Crippen LogP contribution >= 0.6 is 0 Å². The SMILES string of the molecule is CCNC(=NCc1ccc(Cn2ccccc2=O)cc1)N(C)Cc1ccccc1. The Morgan fingerprint density at radius 3 is 2.31 bits per heavy atom. The van der Waals surface area contributed by atoms with E-state index in [9.17, 15) is 4.79 Å². The number of hydrogen-bond acceptors (Lipinski definition) is 2. The molecule has 0 amide bonds. The maximum atomic E-state index is 11.9. The molecule has 1 aromatic heterocycles. The Hall–Kier alpha value is -3.34. The second-order valence-corrected chi connectivity index (χ2v) is 7.00. The molecule has 0 atom stereocenters. The van der Waals surface area contributed by atoms with Crippen LogP contribution in [0, 0.1) is 0 Å². The Balaban J connectivity index is 1.64. The van der Waals surface area contributed by atoms with Crippen molar-refractivity contribution < 1.29 is 0 Å². The highest BCUT2D eigenvalue weighted by molar-refractivity contribution is 5.79. The maximum Gasteiger partial charge on any atom is 0.250 e. The zero-order valence-electron chi connectivity index (χ0n) is 17.1. The normalized spacial score (nSPS) is 11.3. The molecule has 0 radical (unpaired) electrons. The second kappa shape index (κ2) is 10.3. The Kier molecular flexibility index (Phi) is 7.22. The third-order valence-electron chi connectivity index (χ3n) is 4.65. The van der Waals surface area contributed by atoms with Gasteiger partial charge in [0.05, 0.1) is 13.1 Å². The molecule has 150 valence electrons. The maximum absolute atomic E-state index is 11.9. The van der Waals surface area contributed by atoms with Crippen LogP contribution in [-0.4, -0.2) is 29.0 Å². The molecule has 0 bridgehead atoms. The van der Waals surface area contributed by atoms with E-state index in [4.69, 9.17) is 4.99 Å². The van der Waals surface area contributed by atoms with Gasteiger partial charge in [0.25, 0.3) is 5.56 Å². The van der Waals surface area contributed by atoms with E-state index in [-0.39, 0.29) is 5.56 Å². The summed E-state index contributed by atoms with van der Waals surface area (Å²) in [4.78, 5) is 18.8. The van der Waals surface area contributed by atoms with Gasteiger partial charge < -0.3 is 14.8 Å². The van der Waals surface area contributed by atoms with Gasteiger partial charge in [0.2, 0.25) is 0 Å². The van der Waals surface area contributed by atoms with Gasteiger partial charge in [0.1, 0.15) is 0 Å². The Morgan fingerprint density at radius 1 is 0.931 bits per heavy atom. The molecule has 0 spiro atoms. The molecule has 2 aromatic carbocycles. The van der Waals surface area contributed by atoms with Gasteiger partial charge in [-0.1, -0.05) is 60.7 Å². The predicted octanol–water partition coefficient (Wildman–Crippen LogP) is 3.49. The summed E-state index contributed by atoms with van der Waals surface area (Å²) in [5.74, 6) is 0.885. The zero-order valence-corrected chi connectivity index (χ0v) is 17.1. The Morgan fingerprint density at radius 2 is 1.62 bits per heavy atom. The van der Waals surface area contributed by atoms with Crippen LogP contribution in [-0.2, 0) is 19.6 Å². The molecular formula is C24H28N4O. The van der Waals surface area contributed by atoms with Gasteiger partial charge in [-0.15, -0.1) is 0 Å². The van der Waals surface area contributed by atoms with Crippen molar-refractivity contribution in [3.05, 3.63) is 106 Å². The lowest BCUT2D eigenvalue weighted by molar-refractivity contribution is 0.477.